The van der Waals surface area contributed by atoms with E-state index in [1.54, 1.807) is 25.1 Å². The van der Waals surface area contributed by atoms with Crippen LogP contribution < -0.4 is 14.8 Å². The first-order valence-electron chi connectivity index (χ1n) is 10.7. The molecule has 33 heavy (non-hydrogen) atoms. The van der Waals surface area contributed by atoms with Crippen LogP contribution in [0.25, 0.3) is 6.08 Å². The molecule has 0 aliphatic carbocycles. The van der Waals surface area contributed by atoms with Crippen molar-refractivity contribution in [2.45, 2.75) is 19.6 Å². The average Bonchev–Trinajstić information content (AvgIpc) is 2.81. The standard InChI is InChI=1S/C24H27ClF2N2O4/c1-2-32-22-15-17(7-9-21(22)33-24(26)27)8-10-23(30)28-16-20(29-11-13-31-14-12-29)18-5-3-4-6-19(18)25/h3-10,15,20,24H,2,11-14,16H2,1H3,(H,28,30)/b10-8+. The maximum Gasteiger partial charge on any atom is 0.387 e. The van der Waals surface area contributed by atoms with Crippen LogP contribution in [0.3, 0.4) is 0 Å². The monoisotopic (exact) mass is 480 g/mol. The number of halogens is 3. The Balaban J connectivity index is 1.67. The Hall–Kier alpha value is -2.68. The molecule has 3 rings (SSSR count). The van der Waals surface area contributed by atoms with Crippen molar-refractivity contribution in [3.8, 4) is 11.5 Å². The van der Waals surface area contributed by atoms with Gasteiger partial charge in [-0.2, -0.15) is 8.78 Å². The molecule has 9 heteroatoms. The van der Waals surface area contributed by atoms with Crippen LogP contribution in [0, 0.1) is 0 Å². The minimum atomic E-state index is -2.95. The summed E-state index contributed by atoms with van der Waals surface area (Å²) >= 11 is 6.43. The van der Waals surface area contributed by atoms with Gasteiger partial charge >= 0.3 is 6.61 Å². The summed E-state index contributed by atoms with van der Waals surface area (Å²) in [6.45, 7) is 2.20. The topological polar surface area (TPSA) is 60.0 Å². The summed E-state index contributed by atoms with van der Waals surface area (Å²) in [6.07, 6.45) is 2.98. The van der Waals surface area contributed by atoms with Crippen molar-refractivity contribution < 1.29 is 27.8 Å². The molecule has 1 saturated heterocycles. The third-order valence-electron chi connectivity index (χ3n) is 5.13. The molecule has 1 aliphatic rings. The van der Waals surface area contributed by atoms with Crippen LogP contribution in [0.5, 0.6) is 11.5 Å². The van der Waals surface area contributed by atoms with E-state index in [4.69, 9.17) is 21.1 Å². The van der Waals surface area contributed by atoms with Crippen LogP contribution in [0.4, 0.5) is 8.78 Å². The summed E-state index contributed by atoms with van der Waals surface area (Å²) in [4.78, 5) is 14.8. The second-order valence-electron chi connectivity index (χ2n) is 7.28. The molecular weight excluding hydrogens is 454 g/mol. The van der Waals surface area contributed by atoms with Gasteiger partial charge in [0.15, 0.2) is 11.5 Å². The maximum atomic E-state index is 12.6. The van der Waals surface area contributed by atoms with Crippen LogP contribution in [-0.2, 0) is 9.53 Å². The second-order valence-corrected chi connectivity index (χ2v) is 7.69. The molecule has 1 N–H and O–H groups in total. The summed E-state index contributed by atoms with van der Waals surface area (Å²) in [7, 11) is 0. The van der Waals surface area contributed by atoms with Gasteiger partial charge in [0.25, 0.3) is 0 Å². The summed E-state index contributed by atoms with van der Waals surface area (Å²) in [5, 5.41) is 3.58. The van der Waals surface area contributed by atoms with Crippen molar-refractivity contribution in [3.63, 3.8) is 0 Å². The van der Waals surface area contributed by atoms with E-state index in [0.717, 1.165) is 18.7 Å². The van der Waals surface area contributed by atoms with E-state index >= 15 is 0 Å². The van der Waals surface area contributed by atoms with E-state index in [9.17, 15) is 13.6 Å². The van der Waals surface area contributed by atoms with Crippen molar-refractivity contribution >= 4 is 23.6 Å². The van der Waals surface area contributed by atoms with Crippen molar-refractivity contribution in [2.24, 2.45) is 0 Å². The SMILES string of the molecule is CCOc1cc(/C=C/C(=O)NCC(c2ccccc2Cl)N2CCOCC2)ccc1OC(F)F. The Morgan fingerprint density at radius 2 is 1.97 bits per heavy atom. The van der Waals surface area contributed by atoms with E-state index in [1.165, 1.54) is 12.1 Å². The fourth-order valence-electron chi connectivity index (χ4n) is 3.59. The second kappa shape index (κ2) is 12.5. The zero-order valence-electron chi connectivity index (χ0n) is 18.3. The lowest BCUT2D eigenvalue weighted by molar-refractivity contribution is -0.116. The molecule has 1 aliphatic heterocycles. The summed E-state index contributed by atoms with van der Waals surface area (Å²) in [6, 6.07) is 12.0. The van der Waals surface area contributed by atoms with Gasteiger partial charge in [-0.05, 0) is 42.3 Å². The van der Waals surface area contributed by atoms with E-state index in [1.807, 2.05) is 24.3 Å². The smallest absolute Gasteiger partial charge is 0.387 e. The molecule has 0 saturated carbocycles. The van der Waals surface area contributed by atoms with Gasteiger partial charge in [0.2, 0.25) is 5.91 Å². The van der Waals surface area contributed by atoms with Gasteiger partial charge in [0.05, 0.1) is 25.9 Å². The predicted octanol–water partition coefficient (Wildman–Crippen LogP) is 4.54. The van der Waals surface area contributed by atoms with Crippen LogP contribution >= 0.6 is 11.6 Å². The molecular formula is C24H27ClF2N2O4. The third kappa shape index (κ3) is 7.42. The normalized spacial score (nSPS) is 15.5. The Kier molecular flexibility index (Phi) is 9.47. The highest BCUT2D eigenvalue weighted by Gasteiger charge is 2.24. The largest absolute Gasteiger partial charge is 0.490 e. The minimum Gasteiger partial charge on any atom is -0.490 e. The summed E-state index contributed by atoms with van der Waals surface area (Å²) in [5.74, 6) is -0.154. The Bertz CT molecular complexity index is 952. The number of ether oxygens (including phenoxy) is 3. The lowest BCUT2D eigenvalue weighted by Gasteiger charge is -2.35. The number of morpholine rings is 1. The molecule has 2 aromatic rings. The molecule has 1 fully saturated rings. The molecule has 1 heterocycles. The van der Waals surface area contributed by atoms with Crippen molar-refractivity contribution in [2.75, 3.05) is 39.5 Å². The molecule has 1 atom stereocenters. The fraction of sp³-hybridized carbons (Fsp3) is 0.375. The highest BCUT2D eigenvalue weighted by atomic mass is 35.5. The van der Waals surface area contributed by atoms with Crippen molar-refractivity contribution in [3.05, 3.63) is 64.7 Å². The third-order valence-corrected chi connectivity index (χ3v) is 5.48. The predicted molar refractivity (Wildman–Crippen MR) is 123 cm³/mol. The Labute approximate surface area is 197 Å². The summed E-state index contributed by atoms with van der Waals surface area (Å²) in [5.41, 5.74) is 1.56. The first-order chi connectivity index (χ1) is 16.0. The number of carbonyl (C=O) groups is 1. The Morgan fingerprint density at radius 3 is 2.67 bits per heavy atom. The molecule has 0 spiro atoms. The van der Waals surface area contributed by atoms with E-state index in [0.29, 0.717) is 30.3 Å². The van der Waals surface area contributed by atoms with Crippen molar-refractivity contribution in [1.82, 2.24) is 10.2 Å². The number of nitrogens with one attached hydrogen (secondary N) is 1. The highest BCUT2D eigenvalue weighted by Crippen LogP contribution is 2.30. The first-order valence-corrected chi connectivity index (χ1v) is 11.1. The van der Waals surface area contributed by atoms with Crippen molar-refractivity contribution in [1.29, 1.82) is 0 Å². The zero-order chi connectivity index (χ0) is 23.6. The number of amides is 1. The van der Waals surface area contributed by atoms with Gasteiger partial charge in [-0.15, -0.1) is 0 Å². The molecule has 0 bridgehead atoms. The maximum absolute atomic E-state index is 12.6. The van der Waals surface area contributed by atoms with Crippen LogP contribution in [0.15, 0.2) is 48.5 Å². The first kappa shape index (κ1) is 25.0. The molecule has 178 valence electrons. The number of hydrogen-bond acceptors (Lipinski definition) is 5. The van der Waals surface area contributed by atoms with Gasteiger partial charge in [-0.1, -0.05) is 35.9 Å². The van der Waals surface area contributed by atoms with E-state index in [-0.39, 0.29) is 30.1 Å². The molecule has 1 unspecified atom stereocenters. The number of hydrogen-bond donors (Lipinski definition) is 1. The highest BCUT2D eigenvalue weighted by molar-refractivity contribution is 6.31. The van der Waals surface area contributed by atoms with E-state index in [2.05, 4.69) is 15.0 Å². The fourth-order valence-corrected chi connectivity index (χ4v) is 3.85. The lowest BCUT2D eigenvalue weighted by Crippen LogP contribution is -2.43. The van der Waals surface area contributed by atoms with Gasteiger partial charge in [0, 0.05) is 30.7 Å². The molecule has 0 aromatic heterocycles. The molecule has 2 aromatic carbocycles. The average molecular weight is 481 g/mol. The molecule has 1 amide bonds. The van der Waals surface area contributed by atoms with Gasteiger partial charge < -0.3 is 19.5 Å². The van der Waals surface area contributed by atoms with Gasteiger partial charge in [0.1, 0.15) is 0 Å². The van der Waals surface area contributed by atoms with Crippen LogP contribution in [-0.4, -0.2) is 56.9 Å². The van der Waals surface area contributed by atoms with Gasteiger partial charge in [-0.25, -0.2) is 0 Å². The Morgan fingerprint density at radius 1 is 1.21 bits per heavy atom. The minimum absolute atomic E-state index is 0.0541. The summed E-state index contributed by atoms with van der Waals surface area (Å²) < 4.78 is 40.4. The van der Waals surface area contributed by atoms with Gasteiger partial charge in [-0.3, -0.25) is 9.69 Å². The molecule has 6 nitrogen and oxygen atoms in total. The zero-order valence-corrected chi connectivity index (χ0v) is 19.1. The van der Waals surface area contributed by atoms with Crippen LogP contribution in [0.1, 0.15) is 24.1 Å². The number of carbonyl (C=O) groups excluding carboxylic acids is 1. The quantitative estimate of drug-likeness (QED) is 0.506. The number of nitrogens with zero attached hydrogens (tertiary/aromatic N) is 1. The number of rotatable bonds is 10. The van der Waals surface area contributed by atoms with Crippen LogP contribution in [0.2, 0.25) is 5.02 Å². The molecule has 0 radical (unpaired) electrons. The lowest BCUT2D eigenvalue weighted by atomic mass is 10.0. The van der Waals surface area contributed by atoms with E-state index < -0.39 is 6.61 Å². The number of alkyl halides is 2. The number of benzene rings is 2.